The number of nitrogens with one attached hydrogen (secondary N) is 1. The van der Waals surface area contributed by atoms with Crippen molar-refractivity contribution >= 4 is 33.0 Å². The van der Waals surface area contributed by atoms with Crippen LogP contribution in [0.25, 0.3) is 0 Å². The summed E-state index contributed by atoms with van der Waals surface area (Å²) in [5, 5.41) is 19.5. The van der Waals surface area contributed by atoms with Crippen LogP contribution in [0.5, 0.6) is 0 Å². The number of nitro groups is 1. The molecule has 3 N–H and O–H groups in total. The lowest BCUT2D eigenvalue weighted by Crippen LogP contribution is -2.25. The molecule has 29 heavy (non-hydrogen) atoms. The van der Waals surface area contributed by atoms with Gasteiger partial charge in [-0.25, -0.2) is 17.9 Å². The summed E-state index contributed by atoms with van der Waals surface area (Å²) >= 11 is 5.78. The first kappa shape index (κ1) is 21.4. The molecule has 0 aromatic heterocycles. The van der Waals surface area contributed by atoms with E-state index >= 15 is 0 Å². The van der Waals surface area contributed by atoms with Crippen LogP contribution >= 0.6 is 11.6 Å². The summed E-state index contributed by atoms with van der Waals surface area (Å²) in [6.07, 6.45) is 0.807. The van der Waals surface area contributed by atoms with Crippen molar-refractivity contribution in [1.29, 1.82) is 0 Å². The molecule has 0 bridgehead atoms. The van der Waals surface area contributed by atoms with Gasteiger partial charge in [-0.2, -0.15) is 0 Å². The van der Waals surface area contributed by atoms with E-state index in [9.17, 15) is 22.9 Å². The summed E-state index contributed by atoms with van der Waals surface area (Å²) in [4.78, 5) is 12.5. The minimum absolute atomic E-state index is 0.0506. The number of hydrogen-bond acceptors (Lipinski definition) is 6. The van der Waals surface area contributed by atoms with E-state index < -0.39 is 20.8 Å². The second-order valence-electron chi connectivity index (χ2n) is 7.01. The molecule has 1 aliphatic rings. The Morgan fingerprint density at radius 2 is 2.07 bits per heavy atom. The van der Waals surface area contributed by atoms with Crippen LogP contribution in [0.2, 0.25) is 5.02 Å². The number of likely N-dealkylation sites (tertiary alicyclic amines) is 1. The Morgan fingerprint density at radius 1 is 1.34 bits per heavy atom. The van der Waals surface area contributed by atoms with Gasteiger partial charge in [-0.05, 0) is 55.8 Å². The smallest absolute Gasteiger partial charge is 0.293 e. The second-order valence-corrected chi connectivity index (χ2v) is 8.98. The van der Waals surface area contributed by atoms with Gasteiger partial charge in [-0.15, -0.1) is 0 Å². The predicted octanol–water partition coefficient (Wildman–Crippen LogP) is 3.14. The first-order valence-corrected chi connectivity index (χ1v) is 10.7. The van der Waals surface area contributed by atoms with Crippen LogP contribution in [0.15, 0.2) is 41.3 Å². The van der Waals surface area contributed by atoms with Gasteiger partial charge in [0.25, 0.3) is 5.69 Å². The average Bonchev–Trinajstić information content (AvgIpc) is 3.01. The lowest BCUT2D eigenvalue weighted by molar-refractivity contribution is -0.384. The molecule has 0 aliphatic carbocycles. The third-order valence-corrected chi connectivity index (χ3v) is 6.33. The van der Waals surface area contributed by atoms with Gasteiger partial charge in [0.05, 0.1) is 14.8 Å². The summed E-state index contributed by atoms with van der Waals surface area (Å²) in [7, 11) is -2.12. The first-order valence-electron chi connectivity index (χ1n) is 8.78. The maximum absolute atomic E-state index is 13.9. The molecule has 1 aliphatic heterocycles. The zero-order chi connectivity index (χ0) is 21.3. The van der Waals surface area contributed by atoms with Crippen molar-refractivity contribution in [3.05, 3.63) is 62.9 Å². The van der Waals surface area contributed by atoms with Gasteiger partial charge in [0.2, 0.25) is 10.0 Å². The number of nitro benzene ring substituents is 1. The number of sulfonamides is 1. The van der Waals surface area contributed by atoms with Crippen molar-refractivity contribution in [2.45, 2.75) is 17.4 Å². The summed E-state index contributed by atoms with van der Waals surface area (Å²) in [5.41, 5.74) is 0.590. The van der Waals surface area contributed by atoms with Crippen LogP contribution in [0.3, 0.4) is 0 Å². The van der Waals surface area contributed by atoms with Gasteiger partial charge in [0.1, 0.15) is 11.5 Å². The minimum Gasteiger partial charge on any atom is -0.379 e. The number of nitrogens with zero attached hydrogens (tertiary/aromatic N) is 2. The summed E-state index contributed by atoms with van der Waals surface area (Å²) in [6, 6.07) is 8.09. The SMILES string of the molecule is CN1CCC(CNc2ccc(S(N)(=O)=O)cc2[N+](=O)[O-])C1c1ccc(Cl)c(F)c1. The molecule has 0 radical (unpaired) electrons. The molecule has 0 amide bonds. The highest BCUT2D eigenvalue weighted by Crippen LogP contribution is 2.38. The van der Waals surface area contributed by atoms with E-state index in [-0.39, 0.29) is 33.3 Å². The highest BCUT2D eigenvalue weighted by molar-refractivity contribution is 7.89. The largest absolute Gasteiger partial charge is 0.379 e. The molecule has 0 spiro atoms. The zero-order valence-electron chi connectivity index (χ0n) is 15.5. The Morgan fingerprint density at radius 3 is 2.69 bits per heavy atom. The van der Waals surface area contributed by atoms with Gasteiger partial charge < -0.3 is 5.32 Å². The molecule has 11 heteroatoms. The molecule has 2 unspecified atom stereocenters. The highest BCUT2D eigenvalue weighted by atomic mass is 35.5. The third kappa shape index (κ3) is 4.67. The molecule has 0 saturated carbocycles. The molecule has 156 valence electrons. The summed E-state index contributed by atoms with van der Waals surface area (Å²) in [5.74, 6) is -0.441. The summed E-state index contributed by atoms with van der Waals surface area (Å²) < 4.78 is 36.8. The summed E-state index contributed by atoms with van der Waals surface area (Å²) in [6.45, 7) is 1.17. The average molecular weight is 443 g/mol. The van der Waals surface area contributed by atoms with E-state index in [1.165, 1.54) is 24.3 Å². The van der Waals surface area contributed by atoms with Gasteiger partial charge in [-0.1, -0.05) is 17.7 Å². The molecule has 1 heterocycles. The molecular formula is C18H20ClFN4O4S. The molecule has 2 atom stereocenters. The Hall–Kier alpha value is -2.27. The Bertz CT molecular complexity index is 1050. The van der Waals surface area contributed by atoms with Crippen LogP contribution in [0.4, 0.5) is 15.8 Å². The fraction of sp³-hybridized carbons (Fsp3) is 0.333. The number of primary sulfonamides is 1. The van der Waals surface area contributed by atoms with E-state index in [0.717, 1.165) is 24.6 Å². The molecule has 1 fully saturated rings. The Kier molecular flexibility index (Phi) is 6.08. The minimum atomic E-state index is -4.05. The predicted molar refractivity (Wildman–Crippen MR) is 108 cm³/mol. The number of nitrogens with two attached hydrogens (primary N) is 1. The van der Waals surface area contributed by atoms with Crippen molar-refractivity contribution < 1.29 is 17.7 Å². The number of halogens is 2. The van der Waals surface area contributed by atoms with Crippen LogP contribution < -0.4 is 10.5 Å². The maximum Gasteiger partial charge on any atom is 0.293 e. The maximum atomic E-state index is 13.9. The number of anilines is 1. The van der Waals surface area contributed by atoms with E-state index in [1.54, 1.807) is 6.07 Å². The van der Waals surface area contributed by atoms with Crippen LogP contribution in [-0.4, -0.2) is 38.4 Å². The van der Waals surface area contributed by atoms with Gasteiger partial charge in [0.15, 0.2) is 0 Å². The fourth-order valence-corrected chi connectivity index (χ4v) is 4.34. The van der Waals surface area contributed by atoms with Crippen LogP contribution in [-0.2, 0) is 10.0 Å². The van der Waals surface area contributed by atoms with Gasteiger partial charge >= 0.3 is 0 Å². The van der Waals surface area contributed by atoms with Gasteiger partial charge in [0, 0.05) is 18.7 Å². The fourth-order valence-electron chi connectivity index (χ4n) is 3.69. The van der Waals surface area contributed by atoms with Crippen molar-refractivity contribution in [1.82, 2.24) is 4.90 Å². The van der Waals surface area contributed by atoms with Gasteiger partial charge in [-0.3, -0.25) is 15.0 Å². The third-order valence-electron chi connectivity index (χ3n) is 5.11. The number of rotatable bonds is 6. The highest BCUT2D eigenvalue weighted by Gasteiger charge is 2.33. The van der Waals surface area contributed by atoms with E-state index in [2.05, 4.69) is 10.2 Å². The molecule has 3 rings (SSSR count). The number of benzene rings is 2. The first-order chi connectivity index (χ1) is 13.6. The second kappa shape index (κ2) is 8.23. The van der Waals surface area contributed by atoms with E-state index in [4.69, 9.17) is 16.7 Å². The standard InChI is InChI=1S/C18H20ClFN4O4S/c1-23-7-6-12(18(23)11-2-4-14(19)15(20)8-11)10-22-16-5-3-13(29(21,27)28)9-17(16)24(25)26/h2-5,8-9,12,18,22H,6-7,10H2,1H3,(H2,21,27,28). The monoisotopic (exact) mass is 442 g/mol. The lowest BCUT2D eigenvalue weighted by Gasteiger charge is -2.26. The zero-order valence-corrected chi connectivity index (χ0v) is 17.1. The molecule has 2 aromatic carbocycles. The Labute approximate surface area is 172 Å². The van der Waals surface area contributed by atoms with Crippen molar-refractivity contribution in [3.8, 4) is 0 Å². The van der Waals surface area contributed by atoms with Crippen LogP contribution in [0, 0.1) is 21.8 Å². The Balaban J connectivity index is 1.83. The lowest BCUT2D eigenvalue weighted by atomic mass is 9.93. The topological polar surface area (TPSA) is 119 Å². The van der Waals surface area contributed by atoms with E-state index in [0.29, 0.717) is 6.54 Å². The quantitative estimate of drug-likeness (QED) is 0.524. The molecule has 2 aromatic rings. The van der Waals surface area contributed by atoms with E-state index in [1.807, 2.05) is 7.05 Å². The van der Waals surface area contributed by atoms with Crippen molar-refractivity contribution in [2.24, 2.45) is 11.1 Å². The number of hydrogen-bond donors (Lipinski definition) is 2. The normalized spacial score (nSPS) is 20.0. The molecule has 8 nitrogen and oxygen atoms in total. The molecule has 1 saturated heterocycles. The van der Waals surface area contributed by atoms with Crippen molar-refractivity contribution in [2.75, 3.05) is 25.5 Å². The van der Waals surface area contributed by atoms with Crippen LogP contribution in [0.1, 0.15) is 18.0 Å². The van der Waals surface area contributed by atoms with Crippen molar-refractivity contribution in [3.63, 3.8) is 0 Å². The molecular weight excluding hydrogens is 423 g/mol.